The van der Waals surface area contributed by atoms with Crippen LogP contribution in [0.15, 0.2) is 24.3 Å². The zero-order valence-corrected chi connectivity index (χ0v) is 18.8. The first-order chi connectivity index (χ1) is 16.0. The minimum absolute atomic E-state index is 0.107. The summed E-state index contributed by atoms with van der Waals surface area (Å²) in [6.45, 7) is 3.09. The third-order valence-corrected chi connectivity index (χ3v) is 4.89. The fraction of sp³-hybridized carbons (Fsp3) is 0.636. The van der Waals surface area contributed by atoms with Crippen molar-refractivity contribution < 1.29 is 39.1 Å². The van der Waals surface area contributed by atoms with Crippen LogP contribution >= 0.6 is 0 Å². The van der Waals surface area contributed by atoms with Gasteiger partial charge in [0.25, 0.3) is 0 Å². The molecule has 1 aliphatic heterocycles. The third-order valence-electron chi connectivity index (χ3n) is 4.89. The number of urea groups is 1. The number of aliphatic hydroxyl groups is 3. The normalized spacial score (nSPS) is 15.5. The van der Waals surface area contributed by atoms with Crippen LogP contribution in [0.25, 0.3) is 0 Å². The quantitative estimate of drug-likeness (QED) is 0.169. The van der Waals surface area contributed by atoms with Gasteiger partial charge >= 0.3 is 12.0 Å². The van der Waals surface area contributed by atoms with E-state index in [2.05, 4.69) is 10.6 Å². The van der Waals surface area contributed by atoms with E-state index in [1.54, 1.807) is 17.0 Å². The van der Waals surface area contributed by atoms with Gasteiger partial charge in [0.1, 0.15) is 31.2 Å². The molecule has 1 saturated heterocycles. The van der Waals surface area contributed by atoms with E-state index in [0.29, 0.717) is 58.1 Å². The number of amides is 2. The van der Waals surface area contributed by atoms with Crippen LogP contribution in [-0.4, -0.2) is 110 Å². The maximum Gasteiger partial charge on any atom is 0.317 e. The molecule has 186 valence electrons. The minimum Gasteiger partial charge on any atom is -0.491 e. The van der Waals surface area contributed by atoms with Crippen molar-refractivity contribution in [3.8, 4) is 5.75 Å². The van der Waals surface area contributed by atoms with E-state index >= 15 is 0 Å². The van der Waals surface area contributed by atoms with Crippen molar-refractivity contribution in [3.05, 3.63) is 29.8 Å². The number of hydrogen-bond acceptors (Lipinski definition) is 9. The number of nitrogens with one attached hydrogen (secondary N) is 2. The average Bonchev–Trinajstić information content (AvgIpc) is 2.85. The molecule has 0 unspecified atom stereocenters. The summed E-state index contributed by atoms with van der Waals surface area (Å²) in [7, 11) is 0. The standard InChI is InChI=1S/C22H35N3O8/c26-14-19(28)16-33-21(29)6-3-17-1-4-20(5-2-17)32-15-18(27)13-23-7-8-24-22(30)25-9-11-31-12-10-25/h1-2,4-5,18-19,23,26-28H,3,6-16H2,(H,24,30)/t18-,19-/m0/s1. The van der Waals surface area contributed by atoms with Crippen molar-refractivity contribution in [2.24, 2.45) is 0 Å². The van der Waals surface area contributed by atoms with Gasteiger partial charge < -0.3 is 45.1 Å². The summed E-state index contributed by atoms with van der Waals surface area (Å²) in [5, 5.41) is 33.8. The molecule has 0 saturated carbocycles. The fourth-order valence-corrected chi connectivity index (χ4v) is 2.97. The SMILES string of the molecule is O=C(CCc1ccc(OC[C@@H](O)CNCCNC(=O)N2CCOCC2)cc1)OC[C@@H](O)CO. The molecule has 5 N–H and O–H groups in total. The molecule has 0 aromatic heterocycles. The van der Waals surface area contributed by atoms with Crippen LogP contribution in [0.2, 0.25) is 0 Å². The number of carbonyl (C=O) groups is 2. The number of nitrogens with zero attached hydrogens (tertiary/aromatic N) is 1. The Bertz CT molecular complexity index is 697. The van der Waals surface area contributed by atoms with Gasteiger partial charge in [0, 0.05) is 39.1 Å². The first kappa shape index (κ1) is 26.8. The number of benzene rings is 1. The van der Waals surface area contributed by atoms with Gasteiger partial charge in [-0.15, -0.1) is 0 Å². The van der Waals surface area contributed by atoms with Gasteiger partial charge in [-0.1, -0.05) is 12.1 Å². The van der Waals surface area contributed by atoms with E-state index in [-0.39, 0.29) is 25.7 Å². The highest BCUT2D eigenvalue weighted by atomic mass is 16.5. The largest absolute Gasteiger partial charge is 0.491 e. The van der Waals surface area contributed by atoms with E-state index in [4.69, 9.17) is 24.4 Å². The van der Waals surface area contributed by atoms with Gasteiger partial charge in [-0.05, 0) is 24.1 Å². The lowest BCUT2D eigenvalue weighted by Gasteiger charge is -2.27. The summed E-state index contributed by atoms with van der Waals surface area (Å²) >= 11 is 0. The Balaban J connectivity index is 1.53. The molecule has 1 aromatic rings. The lowest BCUT2D eigenvalue weighted by Crippen LogP contribution is -2.47. The molecule has 11 heteroatoms. The highest BCUT2D eigenvalue weighted by molar-refractivity contribution is 5.74. The molecule has 0 aliphatic carbocycles. The number of esters is 1. The molecule has 2 amide bonds. The number of ether oxygens (including phenoxy) is 3. The maximum atomic E-state index is 11.9. The molecule has 11 nitrogen and oxygen atoms in total. The van der Waals surface area contributed by atoms with Crippen LogP contribution in [0, 0.1) is 0 Å². The van der Waals surface area contributed by atoms with Crippen molar-refractivity contribution in [1.82, 2.24) is 15.5 Å². The summed E-state index contributed by atoms with van der Waals surface area (Å²) in [6.07, 6.45) is -1.13. The van der Waals surface area contributed by atoms with Crippen LogP contribution in [0.1, 0.15) is 12.0 Å². The predicted octanol–water partition coefficient (Wildman–Crippen LogP) is -1.11. The second-order valence-corrected chi connectivity index (χ2v) is 7.66. The van der Waals surface area contributed by atoms with Crippen molar-refractivity contribution in [1.29, 1.82) is 0 Å². The summed E-state index contributed by atoms with van der Waals surface area (Å²) in [5.74, 6) is 0.156. The highest BCUT2D eigenvalue weighted by Crippen LogP contribution is 2.14. The van der Waals surface area contributed by atoms with Crippen LogP contribution in [0.4, 0.5) is 4.79 Å². The van der Waals surface area contributed by atoms with E-state index in [1.165, 1.54) is 0 Å². The van der Waals surface area contributed by atoms with E-state index in [0.717, 1.165) is 5.56 Å². The molecule has 2 atom stereocenters. The van der Waals surface area contributed by atoms with Crippen LogP contribution in [-0.2, 0) is 20.7 Å². The smallest absolute Gasteiger partial charge is 0.317 e. The van der Waals surface area contributed by atoms with Crippen LogP contribution in [0.3, 0.4) is 0 Å². The number of aryl methyl sites for hydroxylation is 1. The first-order valence-electron chi connectivity index (χ1n) is 11.1. The predicted molar refractivity (Wildman–Crippen MR) is 119 cm³/mol. The second kappa shape index (κ2) is 15.4. The van der Waals surface area contributed by atoms with Gasteiger partial charge in [-0.2, -0.15) is 0 Å². The highest BCUT2D eigenvalue weighted by Gasteiger charge is 2.15. The number of carbonyl (C=O) groups excluding carboxylic acids is 2. The Hall–Kier alpha value is -2.44. The molecule has 33 heavy (non-hydrogen) atoms. The van der Waals surface area contributed by atoms with Gasteiger partial charge in [-0.3, -0.25) is 4.79 Å². The van der Waals surface area contributed by atoms with Gasteiger partial charge in [0.2, 0.25) is 0 Å². The van der Waals surface area contributed by atoms with Crippen LogP contribution in [0.5, 0.6) is 5.75 Å². The van der Waals surface area contributed by atoms with Crippen molar-refractivity contribution in [2.75, 3.05) is 65.8 Å². The monoisotopic (exact) mass is 469 g/mol. The zero-order chi connectivity index (χ0) is 23.9. The lowest BCUT2D eigenvalue weighted by molar-refractivity contribution is -0.147. The summed E-state index contributed by atoms with van der Waals surface area (Å²) in [4.78, 5) is 25.3. The summed E-state index contributed by atoms with van der Waals surface area (Å²) in [6, 6.07) is 7.07. The first-order valence-corrected chi connectivity index (χ1v) is 11.1. The number of aliphatic hydroxyl groups excluding tert-OH is 3. The topological polar surface area (TPSA) is 150 Å². The Morgan fingerprint density at radius 2 is 1.79 bits per heavy atom. The Labute approximate surface area is 193 Å². The molecule has 0 spiro atoms. The average molecular weight is 470 g/mol. The Kier molecular flexibility index (Phi) is 12.5. The lowest BCUT2D eigenvalue weighted by atomic mass is 10.1. The Morgan fingerprint density at radius 3 is 2.48 bits per heavy atom. The van der Waals surface area contributed by atoms with Gasteiger partial charge in [0.05, 0.1) is 19.8 Å². The summed E-state index contributed by atoms with van der Waals surface area (Å²) in [5.41, 5.74) is 0.920. The number of hydrogen-bond donors (Lipinski definition) is 5. The van der Waals surface area contributed by atoms with Crippen molar-refractivity contribution in [3.63, 3.8) is 0 Å². The molecule has 2 rings (SSSR count). The molecule has 1 aromatic carbocycles. The minimum atomic E-state index is -1.06. The fourth-order valence-electron chi connectivity index (χ4n) is 2.97. The molecular formula is C22H35N3O8. The second-order valence-electron chi connectivity index (χ2n) is 7.66. The molecular weight excluding hydrogens is 434 g/mol. The molecule has 1 heterocycles. The number of morpholine rings is 1. The van der Waals surface area contributed by atoms with Gasteiger partial charge in [0.15, 0.2) is 0 Å². The number of rotatable bonds is 14. The molecule has 1 aliphatic rings. The molecule has 0 radical (unpaired) electrons. The molecule has 1 fully saturated rings. The van der Waals surface area contributed by atoms with Crippen molar-refractivity contribution >= 4 is 12.0 Å². The maximum absolute atomic E-state index is 11.9. The Morgan fingerprint density at radius 1 is 1.06 bits per heavy atom. The third kappa shape index (κ3) is 11.3. The van der Waals surface area contributed by atoms with Crippen LogP contribution < -0.4 is 15.4 Å². The zero-order valence-electron chi connectivity index (χ0n) is 18.8. The van der Waals surface area contributed by atoms with E-state index < -0.39 is 24.8 Å². The van der Waals surface area contributed by atoms with E-state index in [9.17, 15) is 14.7 Å². The van der Waals surface area contributed by atoms with Gasteiger partial charge in [-0.25, -0.2) is 4.79 Å². The van der Waals surface area contributed by atoms with Crippen molar-refractivity contribution in [2.45, 2.75) is 25.0 Å². The summed E-state index contributed by atoms with van der Waals surface area (Å²) < 4.78 is 15.6. The molecule has 0 bridgehead atoms. The van der Waals surface area contributed by atoms with E-state index in [1.807, 2.05) is 12.1 Å².